The second-order valence-corrected chi connectivity index (χ2v) is 5.50. The summed E-state index contributed by atoms with van der Waals surface area (Å²) >= 11 is 8.66. The van der Waals surface area contributed by atoms with E-state index in [0.717, 1.165) is 9.99 Å². The van der Waals surface area contributed by atoms with E-state index >= 15 is 0 Å². The van der Waals surface area contributed by atoms with Crippen LogP contribution >= 0.6 is 28.1 Å². The first-order chi connectivity index (χ1) is 9.60. The predicted octanol–water partition coefficient (Wildman–Crippen LogP) is 4.46. The van der Waals surface area contributed by atoms with E-state index in [-0.39, 0.29) is 5.82 Å². The Labute approximate surface area is 127 Å². The third kappa shape index (κ3) is 2.05. The third-order valence-corrected chi connectivity index (χ3v) is 3.74. The van der Waals surface area contributed by atoms with Gasteiger partial charge in [0.1, 0.15) is 11.9 Å². The van der Waals surface area contributed by atoms with E-state index in [4.69, 9.17) is 12.2 Å². The Morgan fingerprint density at radius 2 is 2.05 bits per heavy atom. The molecule has 0 saturated carbocycles. The highest BCUT2D eigenvalue weighted by atomic mass is 79.9. The molecule has 0 aliphatic heterocycles. The van der Waals surface area contributed by atoms with Gasteiger partial charge in [-0.15, -0.1) is 0 Å². The number of benzene rings is 2. The number of halogens is 2. The minimum absolute atomic E-state index is 0.353. The quantitative estimate of drug-likeness (QED) is 0.660. The van der Waals surface area contributed by atoms with Gasteiger partial charge in [-0.3, -0.25) is 4.57 Å². The van der Waals surface area contributed by atoms with Gasteiger partial charge in [0.2, 0.25) is 0 Å². The molecule has 3 nitrogen and oxygen atoms in total. The van der Waals surface area contributed by atoms with Gasteiger partial charge in [-0.2, -0.15) is 5.26 Å². The first-order valence-corrected chi connectivity index (χ1v) is 6.90. The van der Waals surface area contributed by atoms with Gasteiger partial charge in [0.25, 0.3) is 0 Å². The summed E-state index contributed by atoms with van der Waals surface area (Å²) in [7, 11) is 0. The smallest absolute Gasteiger partial charge is 0.182 e. The number of imidazole rings is 1. The molecule has 0 amide bonds. The number of nitrogens with zero attached hydrogens (tertiary/aromatic N) is 2. The van der Waals surface area contributed by atoms with Crippen molar-refractivity contribution in [1.29, 1.82) is 5.26 Å². The lowest BCUT2D eigenvalue weighted by Crippen LogP contribution is -1.98. The minimum Gasteiger partial charge on any atom is -0.330 e. The summed E-state index contributed by atoms with van der Waals surface area (Å²) in [6, 6.07) is 11.8. The van der Waals surface area contributed by atoms with Crippen molar-refractivity contribution in [1.82, 2.24) is 9.55 Å². The van der Waals surface area contributed by atoms with Crippen LogP contribution in [0.3, 0.4) is 0 Å². The van der Waals surface area contributed by atoms with Crippen molar-refractivity contribution in [3.8, 4) is 11.8 Å². The summed E-state index contributed by atoms with van der Waals surface area (Å²) in [5, 5.41) is 9.23. The van der Waals surface area contributed by atoms with Crippen LogP contribution in [0.4, 0.5) is 4.39 Å². The van der Waals surface area contributed by atoms with E-state index in [1.807, 2.05) is 0 Å². The van der Waals surface area contributed by atoms with Crippen LogP contribution < -0.4 is 0 Å². The number of H-pyrrole nitrogens is 1. The molecule has 0 aliphatic rings. The fraction of sp³-hybridized carbons (Fsp3) is 0. The zero-order valence-electron chi connectivity index (χ0n) is 10.0. The first kappa shape index (κ1) is 13.0. The molecule has 98 valence electrons. The highest BCUT2D eigenvalue weighted by molar-refractivity contribution is 9.10. The van der Waals surface area contributed by atoms with Crippen LogP contribution in [0.5, 0.6) is 0 Å². The molecule has 0 atom stereocenters. The Morgan fingerprint density at radius 3 is 2.80 bits per heavy atom. The Balaban J connectivity index is 2.44. The molecule has 6 heteroatoms. The summed E-state index contributed by atoms with van der Waals surface area (Å²) in [6.45, 7) is 0. The van der Waals surface area contributed by atoms with Gasteiger partial charge in [-0.1, -0.05) is 15.9 Å². The predicted molar refractivity (Wildman–Crippen MR) is 80.8 cm³/mol. The molecule has 3 aromatic rings. The molecule has 20 heavy (non-hydrogen) atoms. The van der Waals surface area contributed by atoms with Gasteiger partial charge >= 0.3 is 0 Å². The fourth-order valence-electron chi connectivity index (χ4n) is 2.10. The highest BCUT2D eigenvalue weighted by Crippen LogP contribution is 2.25. The monoisotopic (exact) mass is 347 g/mol. The van der Waals surface area contributed by atoms with Gasteiger partial charge < -0.3 is 4.98 Å². The maximum absolute atomic E-state index is 13.5. The molecule has 0 bridgehead atoms. The third-order valence-electron chi connectivity index (χ3n) is 2.97. The molecule has 0 saturated heterocycles. The molecule has 3 rings (SSSR count). The van der Waals surface area contributed by atoms with Crippen LogP contribution in [0.1, 0.15) is 5.56 Å². The summed E-state index contributed by atoms with van der Waals surface area (Å²) in [6.07, 6.45) is 0. The van der Waals surface area contributed by atoms with Crippen molar-refractivity contribution in [2.24, 2.45) is 0 Å². The summed E-state index contributed by atoms with van der Waals surface area (Å²) in [4.78, 5) is 3.01. The molecule has 0 aliphatic carbocycles. The molecular weight excluding hydrogens is 341 g/mol. The van der Waals surface area contributed by atoms with E-state index < -0.39 is 0 Å². The maximum atomic E-state index is 13.5. The van der Waals surface area contributed by atoms with E-state index in [1.54, 1.807) is 28.8 Å². The molecule has 2 aromatic carbocycles. The van der Waals surface area contributed by atoms with Crippen LogP contribution in [0.15, 0.2) is 40.9 Å². The van der Waals surface area contributed by atoms with Crippen molar-refractivity contribution in [3.05, 3.63) is 57.0 Å². The van der Waals surface area contributed by atoms with Crippen molar-refractivity contribution >= 4 is 39.2 Å². The normalized spacial score (nSPS) is 10.7. The van der Waals surface area contributed by atoms with Crippen molar-refractivity contribution in [2.75, 3.05) is 0 Å². The average molecular weight is 348 g/mol. The number of hydrogen-bond donors (Lipinski definition) is 1. The molecule has 1 heterocycles. The lowest BCUT2D eigenvalue weighted by molar-refractivity contribution is 0.629. The van der Waals surface area contributed by atoms with Crippen molar-refractivity contribution in [3.63, 3.8) is 0 Å². The average Bonchev–Trinajstić information content (AvgIpc) is 2.74. The van der Waals surface area contributed by atoms with Gasteiger partial charge in [0.15, 0.2) is 4.77 Å². The maximum Gasteiger partial charge on any atom is 0.182 e. The van der Waals surface area contributed by atoms with Gasteiger partial charge in [0, 0.05) is 10.5 Å². The highest BCUT2D eigenvalue weighted by Gasteiger charge is 2.11. The molecule has 0 fully saturated rings. The Kier molecular flexibility index (Phi) is 3.16. The number of aromatic nitrogens is 2. The SMILES string of the molecule is N#Cc1ccc(Br)cc1-n1c(=S)[nH]c2ccc(F)cc21. The van der Waals surface area contributed by atoms with Crippen LogP contribution in [-0.4, -0.2) is 9.55 Å². The molecule has 1 N–H and O–H groups in total. The van der Waals surface area contributed by atoms with E-state index in [0.29, 0.717) is 21.5 Å². The number of hydrogen-bond acceptors (Lipinski definition) is 2. The van der Waals surface area contributed by atoms with Gasteiger partial charge in [-0.05, 0) is 42.5 Å². The summed E-state index contributed by atoms with van der Waals surface area (Å²) < 4.78 is 16.4. The molecule has 0 spiro atoms. The molecule has 0 unspecified atom stereocenters. The number of rotatable bonds is 1. The number of fused-ring (bicyclic) bond motifs is 1. The first-order valence-electron chi connectivity index (χ1n) is 5.70. The van der Waals surface area contributed by atoms with Crippen LogP contribution in [0.2, 0.25) is 0 Å². The van der Waals surface area contributed by atoms with Crippen LogP contribution in [-0.2, 0) is 0 Å². The standard InChI is InChI=1S/C14H7BrFN3S/c15-9-2-1-8(7-17)12(5-9)19-13-6-10(16)3-4-11(13)18-14(19)20/h1-6H,(H,18,20). The van der Waals surface area contributed by atoms with Crippen molar-refractivity contribution < 1.29 is 4.39 Å². The van der Waals surface area contributed by atoms with E-state index in [1.165, 1.54) is 12.1 Å². The molecule has 0 radical (unpaired) electrons. The Morgan fingerprint density at radius 1 is 1.25 bits per heavy atom. The second-order valence-electron chi connectivity index (χ2n) is 4.20. The number of nitriles is 1. The number of aromatic amines is 1. The Bertz CT molecular complexity index is 920. The molecule has 1 aromatic heterocycles. The zero-order valence-corrected chi connectivity index (χ0v) is 12.4. The molecular formula is C14H7BrFN3S. The van der Waals surface area contributed by atoms with Crippen LogP contribution in [0.25, 0.3) is 16.7 Å². The minimum atomic E-state index is -0.353. The zero-order chi connectivity index (χ0) is 14.3. The largest absolute Gasteiger partial charge is 0.330 e. The van der Waals surface area contributed by atoms with Crippen LogP contribution in [0, 0.1) is 21.9 Å². The summed E-state index contributed by atoms with van der Waals surface area (Å²) in [5.74, 6) is -0.353. The fourth-order valence-corrected chi connectivity index (χ4v) is 2.76. The van der Waals surface area contributed by atoms with E-state index in [2.05, 4.69) is 27.0 Å². The lowest BCUT2D eigenvalue weighted by Gasteiger charge is -2.07. The van der Waals surface area contributed by atoms with E-state index in [9.17, 15) is 9.65 Å². The Hall–Kier alpha value is -1.97. The van der Waals surface area contributed by atoms with Gasteiger partial charge in [0.05, 0.1) is 22.3 Å². The second kappa shape index (κ2) is 4.85. The van der Waals surface area contributed by atoms with Crippen molar-refractivity contribution in [2.45, 2.75) is 0 Å². The summed E-state index contributed by atoms with van der Waals surface area (Å²) in [5.41, 5.74) is 2.41. The topological polar surface area (TPSA) is 44.5 Å². The van der Waals surface area contributed by atoms with Gasteiger partial charge in [-0.25, -0.2) is 4.39 Å². The number of nitrogens with one attached hydrogen (secondary N) is 1. The lowest BCUT2D eigenvalue weighted by atomic mass is 10.2.